The summed E-state index contributed by atoms with van der Waals surface area (Å²) in [6.45, 7) is 6.29. The van der Waals surface area contributed by atoms with Crippen LogP contribution < -0.4 is 15.4 Å². The highest BCUT2D eigenvalue weighted by molar-refractivity contribution is 5.79. The molecule has 0 spiro atoms. The minimum Gasteiger partial charge on any atom is -0.497 e. The fourth-order valence-corrected chi connectivity index (χ4v) is 2.91. The molecule has 1 saturated heterocycles. The molecule has 5 nitrogen and oxygen atoms in total. The SMILES string of the molecule is CCN1CCCC1CNC(=NC)NCc1ccc(OC)cc1. The fourth-order valence-electron chi connectivity index (χ4n) is 2.91. The Bertz CT molecular complexity index is 472. The summed E-state index contributed by atoms with van der Waals surface area (Å²) in [5, 5.41) is 6.80. The lowest BCUT2D eigenvalue weighted by Crippen LogP contribution is -2.44. The third-order valence-electron chi connectivity index (χ3n) is 4.25. The molecular formula is C17H28N4O. The molecule has 1 aliphatic heterocycles. The van der Waals surface area contributed by atoms with Gasteiger partial charge in [0.1, 0.15) is 5.75 Å². The van der Waals surface area contributed by atoms with Crippen LogP contribution in [0.2, 0.25) is 0 Å². The van der Waals surface area contributed by atoms with E-state index in [0.29, 0.717) is 6.04 Å². The Balaban J connectivity index is 1.77. The lowest BCUT2D eigenvalue weighted by Gasteiger charge is -2.24. The van der Waals surface area contributed by atoms with E-state index < -0.39 is 0 Å². The van der Waals surface area contributed by atoms with Crippen LogP contribution in [0.1, 0.15) is 25.3 Å². The molecule has 0 aliphatic carbocycles. The summed E-state index contributed by atoms with van der Waals surface area (Å²) in [4.78, 5) is 6.83. The summed E-state index contributed by atoms with van der Waals surface area (Å²) in [5.41, 5.74) is 1.21. The Hall–Kier alpha value is -1.75. The first-order valence-corrected chi connectivity index (χ1v) is 8.08. The van der Waals surface area contributed by atoms with Gasteiger partial charge in [0, 0.05) is 26.2 Å². The number of likely N-dealkylation sites (tertiary alicyclic amines) is 1. The number of benzene rings is 1. The van der Waals surface area contributed by atoms with E-state index in [1.807, 2.05) is 19.2 Å². The van der Waals surface area contributed by atoms with Crippen LogP contribution in [0.25, 0.3) is 0 Å². The molecule has 1 atom stereocenters. The lowest BCUT2D eigenvalue weighted by molar-refractivity contribution is 0.267. The summed E-state index contributed by atoms with van der Waals surface area (Å²) in [6, 6.07) is 8.71. The van der Waals surface area contributed by atoms with Crippen molar-refractivity contribution in [2.24, 2.45) is 4.99 Å². The van der Waals surface area contributed by atoms with Gasteiger partial charge in [0.15, 0.2) is 5.96 Å². The maximum Gasteiger partial charge on any atom is 0.191 e. The van der Waals surface area contributed by atoms with Crippen LogP contribution in [-0.4, -0.2) is 50.7 Å². The first-order valence-electron chi connectivity index (χ1n) is 8.08. The molecule has 2 rings (SSSR count). The van der Waals surface area contributed by atoms with Gasteiger partial charge in [-0.05, 0) is 43.6 Å². The van der Waals surface area contributed by atoms with Crippen molar-refractivity contribution in [1.29, 1.82) is 0 Å². The molecule has 0 aromatic heterocycles. The molecule has 0 bridgehead atoms. The van der Waals surface area contributed by atoms with Crippen molar-refractivity contribution in [2.45, 2.75) is 32.4 Å². The summed E-state index contributed by atoms with van der Waals surface area (Å²) >= 11 is 0. The van der Waals surface area contributed by atoms with E-state index in [-0.39, 0.29) is 0 Å². The normalized spacial score (nSPS) is 19.2. The summed E-state index contributed by atoms with van der Waals surface area (Å²) in [5.74, 6) is 1.74. The summed E-state index contributed by atoms with van der Waals surface area (Å²) in [6.07, 6.45) is 2.58. The standard InChI is InChI=1S/C17H28N4O/c1-4-21-11-5-6-15(21)13-20-17(18-2)19-12-14-7-9-16(22-3)10-8-14/h7-10,15H,4-6,11-13H2,1-3H3,(H2,18,19,20). The van der Waals surface area contributed by atoms with E-state index in [2.05, 4.69) is 39.6 Å². The van der Waals surface area contributed by atoms with Crippen molar-refractivity contribution >= 4 is 5.96 Å². The largest absolute Gasteiger partial charge is 0.497 e. The van der Waals surface area contributed by atoms with Gasteiger partial charge in [-0.1, -0.05) is 19.1 Å². The first kappa shape index (κ1) is 16.6. The Labute approximate surface area is 133 Å². The second-order valence-electron chi connectivity index (χ2n) is 5.58. The van der Waals surface area contributed by atoms with E-state index in [4.69, 9.17) is 4.74 Å². The molecule has 1 unspecified atom stereocenters. The van der Waals surface area contributed by atoms with Crippen LogP contribution >= 0.6 is 0 Å². The average molecular weight is 304 g/mol. The van der Waals surface area contributed by atoms with Crippen LogP contribution in [0.4, 0.5) is 0 Å². The van der Waals surface area contributed by atoms with Crippen molar-refractivity contribution in [1.82, 2.24) is 15.5 Å². The maximum absolute atomic E-state index is 5.17. The molecule has 1 aliphatic rings. The van der Waals surface area contributed by atoms with Crippen LogP contribution in [0.5, 0.6) is 5.75 Å². The molecule has 5 heteroatoms. The number of aliphatic imine (C=N–C) groups is 1. The highest BCUT2D eigenvalue weighted by Crippen LogP contribution is 2.15. The van der Waals surface area contributed by atoms with Gasteiger partial charge in [0.25, 0.3) is 0 Å². The number of nitrogens with zero attached hydrogens (tertiary/aromatic N) is 2. The zero-order valence-corrected chi connectivity index (χ0v) is 13.9. The fraction of sp³-hybridized carbons (Fsp3) is 0.588. The number of ether oxygens (including phenoxy) is 1. The van der Waals surface area contributed by atoms with Crippen molar-refractivity contribution in [3.8, 4) is 5.75 Å². The van der Waals surface area contributed by atoms with Crippen molar-refractivity contribution < 1.29 is 4.74 Å². The third kappa shape index (κ3) is 4.63. The Morgan fingerprint density at radius 1 is 1.32 bits per heavy atom. The predicted molar refractivity (Wildman–Crippen MR) is 91.5 cm³/mol. The second-order valence-corrected chi connectivity index (χ2v) is 5.58. The van der Waals surface area contributed by atoms with Gasteiger partial charge < -0.3 is 15.4 Å². The van der Waals surface area contributed by atoms with Crippen LogP contribution in [-0.2, 0) is 6.54 Å². The molecule has 22 heavy (non-hydrogen) atoms. The lowest BCUT2D eigenvalue weighted by atomic mass is 10.2. The van der Waals surface area contributed by atoms with Crippen molar-refractivity contribution in [3.05, 3.63) is 29.8 Å². The Kier molecular flexibility index (Phi) is 6.52. The molecule has 0 amide bonds. The summed E-state index contributed by atoms with van der Waals surface area (Å²) < 4.78 is 5.17. The van der Waals surface area contributed by atoms with Crippen LogP contribution in [0.3, 0.4) is 0 Å². The third-order valence-corrected chi connectivity index (χ3v) is 4.25. The monoisotopic (exact) mass is 304 g/mol. The molecule has 0 saturated carbocycles. The van der Waals surface area contributed by atoms with E-state index in [0.717, 1.165) is 31.3 Å². The Morgan fingerprint density at radius 3 is 2.73 bits per heavy atom. The van der Waals surface area contributed by atoms with Gasteiger partial charge in [-0.15, -0.1) is 0 Å². The van der Waals surface area contributed by atoms with Crippen LogP contribution in [0.15, 0.2) is 29.3 Å². The molecule has 1 aromatic rings. The highest BCUT2D eigenvalue weighted by atomic mass is 16.5. The second kappa shape index (κ2) is 8.63. The van der Waals surface area contributed by atoms with Gasteiger partial charge in [0.2, 0.25) is 0 Å². The van der Waals surface area contributed by atoms with Gasteiger partial charge in [-0.25, -0.2) is 0 Å². The number of guanidine groups is 1. The number of hydrogen-bond donors (Lipinski definition) is 2. The topological polar surface area (TPSA) is 48.9 Å². The number of hydrogen-bond acceptors (Lipinski definition) is 3. The number of rotatable bonds is 6. The predicted octanol–water partition coefficient (Wildman–Crippen LogP) is 1.84. The van der Waals surface area contributed by atoms with E-state index >= 15 is 0 Å². The van der Waals surface area contributed by atoms with E-state index in [1.54, 1.807) is 7.11 Å². The molecule has 1 aromatic carbocycles. The summed E-state index contributed by atoms with van der Waals surface area (Å²) in [7, 11) is 3.50. The smallest absolute Gasteiger partial charge is 0.191 e. The maximum atomic E-state index is 5.17. The first-order chi connectivity index (χ1) is 10.8. The van der Waals surface area contributed by atoms with E-state index in [9.17, 15) is 0 Å². The minimum atomic E-state index is 0.629. The Morgan fingerprint density at radius 2 is 2.09 bits per heavy atom. The van der Waals surface area contributed by atoms with Crippen molar-refractivity contribution in [2.75, 3.05) is 33.8 Å². The average Bonchev–Trinajstić information content (AvgIpc) is 3.03. The zero-order valence-electron chi connectivity index (χ0n) is 13.9. The van der Waals surface area contributed by atoms with Gasteiger partial charge in [0.05, 0.1) is 7.11 Å². The minimum absolute atomic E-state index is 0.629. The zero-order chi connectivity index (χ0) is 15.8. The van der Waals surface area contributed by atoms with Crippen LogP contribution in [0, 0.1) is 0 Å². The molecule has 1 fully saturated rings. The van der Waals surface area contributed by atoms with Gasteiger partial charge >= 0.3 is 0 Å². The highest BCUT2D eigenvalue weighted by Gasteiger charge is 2.22. The number of nitrogens with one attached hydrogen (secondary N) is 2. The number of likely N-dealkylation sites (N-methyl/N-ethyl adjacent to an activating group) is 1. The molecule has 0 radical (unpaired) electrons. The van der Waals surface area contributed by atoms with E-state index in [1.165, 1.54) is 24.9 Å². The van der Waals surface area contributed by atoms with Gasteiger partial charge in [-0.2, -0.15) is 0 Å². The molecule has 1 heterocycles. The quantitative estimate of drug-likeness (QED) is 0.622. The molecule has 122 valence electrons. The number of methoxy groups -OCH3 is 1. The molecular weight excluding hydrogens is 276 g/mol. The van der Waals surface area contributed by atoms with Gasteiger partial charge in [-0.3, -0.25) is 9.89 Å². The molecule has 2 N–H and O–H groups in total. The van der Waals surface area contributed by atoms with Crippen molar-refractivity contribution in [3.63, 3.8) is 0 Å².